The van der Waals surface area contributed by atoms with Gasteiger partial charge in [0, 0.05) is 15.6 Å². The number of hydrogen-bond donors (Lipinski definition) is 0. The van der Waals surface area contributed by atoms with Gasteiger partial charge in [0.05, 0.1) is 25.2 Å². The molecule has 1 aromatic heterocycles. The fourth-order valence-corrected chi connectivity index (χ4v) is 4.38. The zero-order valence-corrected chi connectivity index (χ0v) is 17.7. The van der Waals surface area contributed by atoms with Gasteiger partial charge in [-0.2, -0.15) is 0 Å². The Labute approximate surface area is 168 Å². The van der Waals surface area contributed by atoms with Crippen LogP contribution in [0.15, 0.2) is 22.7 Å². The highest BCUT2D eigenvalue weighted by atomic mass is 79.9. The number of halogens is 1. The standard InChI is InChI=1S/C21H26BrNO4/c1-4-26-18(24)12-21(9-10-21)11-16-14(3)23(13-19(25)27-5-2)20-15(16)7-6-8-17(20)22/h6-8H,4-5,9-13H2,1-3H3. The number of rotatable bonds is 8. The lowest BCUT2D eigenvalue weighted by molar-refractivity contribution is -0.145. The van der Waals surface area contributed by atoms with Gasteiger partial charge in [0.25, 0.3) is 0 Å². The lowest BCUT2D eigenvalue weighted by Crippen LogP contribution is -2.16. The number of para-hydroxylation sites is 1. The van der Waals surface area contributed by atoms with Crippen LogP contribution in [0.3, 0.4) is 0 Å². The Bertz CT molecular complexity index is 867. The van der Waals surface area contributed by atoms with Crippen molar-refractivity contribution in [1.82, 2.24) is 4.57 Å². The molecule has 0 aliphatic heterocycles. The molecule has 2 aromatic rings. The molecule has 6 heteroatoms. The van der Waals surface area contributed by atoms with Crippen LogP contribution in [0.4, 0.5) is 0 Å². The molecule has 3 rings (SSSR count). The minimum absolute atomic E-state index is 0.0115. The summed E-state index contributed by atoms with van der Waals surface area (Å²) in [5.41, 5.74) is 3.25. The molecule has 0 atom stereocenters. The van der Waals surface area contributed by atoms with Crippen LogP contribution in [0.1, 0.15) is 44.4 Å². The van der Waals surface area contributed by atoms with E-state index in [0.717, 1.165) is 40.3 Å². The number of fused-ring (bicyclic) bond motifs is 1. The van der Waals surface area contributed by atoms with Crippen LogP contribution in [0.2, 0.25) is 0 Å². The molecule has 1 fully saturated rings. The van der Waals surface area contributed by atoms with Gasteiger partial charge in [0.2, 0.25) is 0 Å². The Morgan fingerprint density at radius 2 is 1.81 bits per heavy atom. The molecule has 27 heavy (non-hydrogen) atoms. The third kappa shape index (κ3) is 4.21. The van der Waals surface area contributed by atoms with Gasteiger partial charge >= 0.3 is 11.9 Å². The predicted octanol–water partition coefficient (Wildman–Crippen LogP) is 4.55. The first-order valence-corrected chi connectivity index (χ1v) is 10.3. The maximum absolute atomic E-state index is 12.1. The molecule has 1 aliphatic rings. The first-order valence-electron chi connectivity index (χ1n) is 9.48. The zero-order valence-electron chi connectivity index (χ0n) is 16.1. The topological polar surface area (TPSA) is 57.5 Å². The molecule has 1 heterocycles. The Morgan fingerprint density at radius 3 is 2.44 bits per heavy atom. The van der Waals surface area contributed by atoms with E-state index in [-0.39, 0.29) is 23.9 Å². The number of ether oxygens (including phenoxy) is 2. The van der Waals surface area contributed by atoms with Crippen molar-refractivity contribution >= 4 is 38.8 Å². The summed E-state index contributed by atoms with van der Waals surface area (Å²) in [6, 6.07) is 6.08. The number of esters is 2. The van der Waals surface area contributed by atoms with E-state index >= 15 is 0 Å². The van der Waals surface area contributed by atoms with Crippen molar-refractivity contribution in [2.24, 2.45) is 5.41 Å². The number of aromatic nitrogens is 1. The zero-order chi connectivity index (χ0) is 19.6. The molecule has 0 unspecified atom stereocenters. The van der Waals surface area contributed by atoms with Crippen LogP contribution < -0.4 is 0 Å². The highest BCUT2D eigenvalue weighted by Crippen LogP contribution is 2.53. The van der Waals surface area contributed by atoms with Crippen LogP contribution in [-0.2, 0) is 32.0 Å². The van der Waals surface area contributed by atoms with Crippen molar-refractivity contribution in [3.05, 3.63) is 33.9 Å². The van der Waals surface area contributed by atoms with E-state index in [0.29, 0.717) is 19.6 Å². The highest BCUT2D eigenvalue weighted by molar-refractivity contribution is 9.10. The third-order valence-electron chi connectivity index (χ3n) is 5.35. The van der Waals surface area contributed by atoms with Gasteiger partial charge in [-0.25, -0.2) is 0 Å². The molecular weight excluding hydrogens is 410 g/mol. The summed E-state index contributed by atoms with van der Waals surface area (Å²) in [5.74, 6) is -0.364. The summed E-state index contributed by atoms with van der Waals surface area (Å²) in [7, 11) is 0. The third-order valence-corrected chi connectivity index (χ3v) is 5.99. The second-order valence-corrected chi connectivity index (χ2v) is 8.10. The van der Waals surface area contributed by atoms with E-state index in [1.807, 2.05) is 37.5 Å². The molecule has 1 aromatic carbocycles. The molecule has 0 N–H and O–H groups in total. The van der Waals surface area contributed by atoms with Gasteiger partial charge in [-0.3, -0.25) is 9.59 Å². The monoisotopic (exact) mass is 435 g/mol. The summed E-state index contributed by atoms with van der Waals surface area (Å²) in [6.07, 6.45) is 3.34. The van der Waals surface area contributed by atoms with E-state index < -0.39 is 0 Å². The number of carbonyl (C=O) groups is 2. The number of benzene rings is 1. The van der Waals surface area contributed by atoms with Gasteiger partial charge < -0.3 is 14.0 Å². The Balaban J connectivity index is 1.96. The fourth-order valence-electron chi connectivity index (χ4n) is 3.80. The minimum Gasteiger partial charge on any atom is -0.466 e. The molecular formula is C21H26BrNO4. The number of hydrogen-bond acceptors (Lipinski definition) is 4. The molecule has 0 radical (unpaired) electrons. The molecule has 0 bridgehead atoms. The van der Waals surface area contributed by atoms with Crippen LogP contribution in [0.5, 0.6) is 0 Å². The molecule has 146 valence electrons. The summed E-state index contributed by atoms with van der Waals surface area (Å²) in [4.78, 5) is 24.1. The van der Waals surface area contributed by atoms with E-state index in [2.05, 4.69) is 22.0 Å². The van der Waals surface area contributed by atoms with Gasteiger partial charge in [0.15, 0.2) is 0 Å². The van der Waals surface area contributed by atoms with Crippen molar-refractivity contribution in [3.63, 3.8) is 0 Å². The van der Waals surface area contributed by atoms with Crippen LogP contribution in [0, 0.1) is 12.3 Å². The average molecular weight is 436 g/mol. The first-order chi connectivity index (χ1) is 12.9. The minimum atomic E-state index is -0.243. The normalized spacial score (nSPS) is 15.0. The fraction of sp³-hybridized carbons (Fsp3) is 0.524. The smallest absolute Gasteiger partial charge is 0.325 e. The summed E-state index contributed by atoms with van der Waals surface area (Å²) >= 11 is 3.63. The first kappa shape index (κ1) is 19.9. The maximum Gasteiger partial charge on any atom is 0.325 e. The number of carbonyl (C=O) groups excluding carboxylic acids is 2. The van der Waals surface area contributed by atoms with Gasteiger partial charge in [-0.15, -0.1) is 0 Å². The highest BCUT2D eigenvalue weighted by Gasteiger charge is 2.45. The summed E-state index contributed by atoms with van der Waals surface area (Å²) in [5, 5.41) is 1.13. The second-order valence-electron chi connectivity index (χ2n) is 7.25. The second kappa shape index (κ2) is 8.05. The van der Waals surface area contributed by atoms with Crippen molar-refractivity contribution in [1.29, 1.82) is 0 Å². The molecule has 0 spiro atoms. The molecule has 0 saturated heterocycles. The van der Waals surface area contributed by atoms with E-state index in [4.69, 9.17) is 9.47 Å². The van der Waals surface area contributed by atoms with Crippen LogP contribution in [0.25, 0.3) is 10.9 Å². The van der Waals surface area contributed by atoms with Crippen LogP contribution >= 0.6 is 15.9 Å². The Hall–Kier alpha value is -1.82. The van der Waals surface area contributed by atoms with Crippen molar-refractivity contribution in [2.45, 2.75) is 53.0 Å². The number of nitrogens with zero attached hydrogens (tertiary/aromatic N) is 1. The Morgan fingerprint density at radius 1 is 1.15 bits per heavy atom. The lowest BCUT2D eigenvalue weighted by atomic mass is 9.91. The van der Waals surface area contributed by atoms with Gasteiger partial charge in [0.1, 0.15) is 6.54 Å². The Kier molecular flexibility index (Phi) is 5.94. The van der Waals surface area contributed by atoms with E-state index in [1.54, 1.807) is 0 Å². The lowest BCUT2D eigenvalue weighted by Gasteiger charge is -2.15. The van der Waals surface area contributed by atoms with Crippen LogP contribution in [-0.4, -0.2) is 29.7 Å². The largest absolute Gasteiger partial charge is 0.466 e. The quantitative estimate of drug-likeness (QED) is 0.570. The predicted molar refractivity (Wildman–Crippen MR) is 108 cm³/mol. The molecule has 1 saturated carbocycles. The maximum atomic E-state index is 12.1. The summed E-state index contributed by atoms with van der Waals surface area (Å²) in [6.45, 7) is 6.66. The van der Waals surface area contributed by atoms with Crippen molar-refractivity contribution < 1.29 is 19.1 Å². The molecule has 5 nitrogen and oxygen atoms in total. The molecule has 0 amide bonds. The van der Waals surface area contributed by atoms with E-state index in [1.165, 1.54) is 5.56 Å². The van der Waals surface area contributed by atoms with Gasteiger partial charge in [-0.05, 0) is 73.0 Å². The SMILES string of the molecule is CCOC(=O)Cn1c(C)c(CC2(CC(=O)OCC)CC2)c2cccc(Br)c21. The van der Waals surface area contributed by atoms with Crippen molar-refractivity contribution in [3.8, 4) is 0 Å². The van der Waals surface area contributed by atoms with Crippen molar-refractivity contribution in [2.75, 3.05) is 13.2 Å². The average Bonchev–Trinajstić information content (AvgIpc) is 3.31. The van der Waals surface area contributed by atoms with E-state index in [9.17, 15) is 9.59 Å². The summed E-state index contributed by atoms with van der Waals surface area (Å²) < 4.78 is 13.3. The van der Waals surface area contributed by atoms with Gasteiger partial charge in [-0.1, -0.05) is 12.1 Å². The molecule has 1 aliphatic carbocycles.